The molecule has 0 aliphatic carbocycles. The molecule has 0 bridgehead atoms. The van der Waals surface area contributed by atoms with Gasteiger partial charge in [-0.2, -0.15) is 0 Å². The Morgan fingerprint density at radius 3 is 2.80 bits per heavy atom. The van der Waals surface area contributed by atoms with Crippen LogP contribution in [0.25, 0.3) is 10.9 Å². The Balaban J connectivity index is 0.00000256. The second-order valence-corrected chi connectivity index (χ2v) is 7.79. The SMILES string of the molecule is Cc1cc(C2CCCNC2)oc(=O)c1C(=O)NCCn1c(C)cc2ccccc21.Cl. The van der Waals surface area contributed by atoms with Crippen LogP contribution in [0, 0.1) is 13.8 Å². The van der Waals surface area contributed by atoms with Gasteiger partial charge in [0.2, 0.25) is 0 Å². The number of nitrogens with zero attached hydrogens (tertiary/aromatic N) is 1. The molecule has 1 saturated heterocycles. The van der Waals surface area contributed by atoms with Crippen LogP contribution in [0.2, 0.25) is 0 Å². The molecular formula is C23H28ClN3O3. The lowest BCUT2D eigenvalue weighted by molar-refractivity contribution is 0.0947. The summed E-state index contributed by atoms with van der Waals surface area (Å²) in [6, 6.07) is 12.2. The van der Waals surface area contributed by atoms with E-state index < -0.39 is 5.63 Å². The number of hydrogen-bond acceptors (Lipinski definition) is 4. The van der Waals surface area contributed by atoms with Crippen molar-refractivity contribution in [3.8, 4) is 0 Å². The number of rotatable bonds is 5. The van der Waals surface area contributed by atoms with E-state index in [1.54, 1.807) is 6.92 Å². The van der Waals surface area contributed by atoms with Crippen LogP contribution in [0.15, 0.2) is 45.6 Å². The van der Waals surface area contributed by atoms with Crippen molar-refractivity contribution >= 4 is 29.2 Å². The molecule has 160 valence electrons. The lowest BCUT2D eigenvalue weighted by Gasteiger charge is -2.22. The second-order valence-electron chi connectivity index (χ2n) is 7.79. The van der Waals surface area contributed by atoms with E-state index >= 15 is 0 Å². The van der Waals surface area contributed by atoms with Crippen LogP contribution in [0.3, 0.4) is 0 Å². The van der Waals surface area contributed by atoms with E-state index in [0.717, 1.165) is 37.1 Å². The molecule has 3 heterocycles. The molecule has 0 saturated carbocycles. The zero-order chi connectivity index (χ0) is 20.4. The number of hydrogen-bond donors (Lipinski definition) is 2. The van der Waals surface area contributed by atoms with Crippen LogP contribution in [-0.2, 0) is 6.54 Å². The smallest absolute Gasteiger partial charge is 0.349 e. The van der Waals surface area contributed by atoms with Crippen molar-refractivity contribution in [2.24, 2.45) is 0 Å². The highest BCUT2D eigenvalue weighted by Gasteiger charge is 2.22. The number of aromatic nitrogens is 1. The maximum Gasteiger partial charge on any atom is 0.349 e. The zero-order valence-electron chi connectivity index (χ0n) is 17.4. The fourth-order valence-electron chi connectivity index (χ4n) is 4.22. The van der Waals surface area contributed by atoms with Gasteiger partial charge >= 0.3 is 5.63 Å². The Labute approximate surface area is 182 Å². The quantitative estimate of drug-likeness (QED) is 0.650. The molecule has 0 radical (unpaired) electrons. The standard InChI is InChI=1S/C23H27N3O3.ClH/c1-15-12-20(18-7-5-9-24-14-18)29-23(28)21(15)22(27)25-10-11-26-16(2)13-17-6-3-4-8-19(17)26;/h3-4,6,8,12-13,18,24H,5,7,9-11,14H2,1-2H3,(H,25,27);1H. The summed E-state index contributed by atoms with van der Waals surface area (Å²) < 4.78 is 7.69. The number of aryl methyl sites for hydroxylation is 2. The highest BCUT2D eigenvalue weighted by atomic mass is 35.5. The number of para-hydroxylation sites is 1. The van der Waals surface area contributed by atoms with E-state index in [9.17, 15) is 9.59 Å². The Morgan fingerprint density at radius 1 is 1.27 bits per heavy atom. The van der Waals surface area contributed by atoms with Crippen LogP contribution in [-0.4, -0.2) is 30.1 Å². The predicted octanol–water partition coefficient (Wildman–Crippen LogP) is 3.53. The highest BCUT2D eigenvalue weighted by Crippen LogP contribution is 2.23. The summed E-state index contributed by atoms with van der Waals surface area (Å²) in [5, 5.41) is 7.38. The normalized spacial score (nSPS) is 16.3. The summed E-state index contributed by atoms with van der Waals surface area (Å²) in [4.78, 5) is 25.2. The minimum absolute atomic E-state index is 0. The maximum absolute atomic E-state index is 12.7. The van der Waals surface area contributed by atoms with E-state index in [1.807, 2.05) is 18.2 Å². The first kappa shape index (κ1) is 22.1. The molecule has 4 rings (SSSR count). The van der Waals surface area contributed by atoms with Crippen LogP contribution < -0.4 is 16.3 Å². The fourth-order valence-corrected chi connectivity index (χ4v) is 4.22. The summed E-state index contributed by atoms with van der Waals surface area (Å²) in [5.41, 5.74) is 2.50. The van der Waals surface area contributed by atoms with Gasteiger partial charge in [-0.1, -0.05) is 18.2 Å². The molecular weight excluding hydrogens is 402 g/mol. The number of fused-ring (bicyclic) bond motifs is 1. The third-order valence-electron chi connectivity index (χ3n) is 5.73. The summed E-state index contributed by atoms with van der Waals surface area (Å²) in [5.74, 6) is 0.488. The molecule has 2 N–H and O–H groups in total. The van der Waals surface area contributed by atoms with E-state index in [4.69, 9.17) is 4.42 Å². The topological polar surface area (TPSA) is 76.3 Å². The van der Waals surface area contributed by atoms with E-state index in [2.05, 4.69) is 40.3 Å². The van der Waals surface area contributed by atoms with E-state index in [-0.39, 0.29) is 29.8 Å². The summed E-state index contributed by atoms with van der Waals surface area (Å²) in [6.45, 7) is 6.73. The Bertz CT molecular complexity index is 1100. The van der Waals surface area contributed by atoms with Crippen molar-refractivity contribution in [3.63, 3.8) is 0 Å². The predicted molar refractivity (Wildman–Crippen MR) is 121 cm³/mol. The van der Waals surface area contributed by atoms with Crippen molar-refractivity contribution in [2.45, 2.75) is 39.2 Å². The van der Waals surface area contributed by atoms with Crippen molar-refractivity contribution in [1.29, 1.82) is 0 Å². The van der Waals surface area contributed by atoms with Crippen molar-refractivity contribution in [2.75, 3.05) is 19.6 Å². The molecule has 6 nitrogen and oxygen atoms in total. The number of amides is 1. The first-order valence-corrected chi connectivity index (χ1v) is 10.2. The monoisotopic (exact) mass is 429 g/mol. The lowest BCUT2D eigenvalue weighted by atomic mass is 9.95. The van der Waals surface area contributed by atoms with Gasteiger partial charge in [0.15, 0.2) is 0 Å². The fraction of sp³-hybridized carbons (Fsp3) is 0.391. The first-order chi connectivity index (χ1) is 14.0. The van der Waals surface area contributed by atoms with Gasteiger partial charge in [-0.15, -0.1) is 12.4 Å². The van der Waals surface area contributed by atoms with Gasteiger partial charge in [-0.3, -0.25) is 4.79 Å². The summed E-state index contributed by atoms with van der Waals surface area (Å²) in [6.07, 6.45) is 2.05. The molecule has 1 fully saturated rings. The Morgan fingerprint density at radius 2 is 2.07 bits per heavy atom. The molecule has 1 amide bonds. The van der Waals surface area contributed by atoms with Crippen LogP contribution >= 0.6 is 12.4 Å². The van der Waals surface area contributed by atoms with Gasteiger partial charge in [0, 0.05) is 36.8 Å². The van der Waals surface area contributed by atoms with E-state index in [1.165, 1.54) is 5.39 Å². The molecule has 1 aromatic carbocycles. The molecule has 1 unspecified atom stereocenters. The number of carbonyl (C=O) groups is 1. The largest absolute Gasteiger partial charge is 0.427 e. The molecule has 0 spiro atoms. The Kier molecular flexibility index (Phi) is 7.00. The van der Waals surface area contributed by atoms with Gasteiger partial charge in [0.25, 0.3) is 5.91 Å². The molecule has 1 aliphatic heterocycles. The molecule has 3 aromatic rings. The summed E-state index contributed by atoms with van der Waals surface area (Å²) >= 11 is 0. The van der Waals surface area contributed by atoms with Crippen LogP contribution in [0.1, 0.15) is 46.1 Å². The molecule has 30 heavy (non-hydrogen) atoms. The van der Waals surface area contributed by atoms with Gasteiger partial charge in [0.05, 0.1) is 0 Å². The zero-order valence-corrected chi connectivity index (χ0v) is 18.2. The molecule has 7 heteroatoms. The van der Waals surface area contributed by atoms with E-state index in [0.29, 0.717) is 24.4 Å². The summed E-state index contributed by atoms with van der Waals surface area (Å²) in [7, 11) is 0. The lowest BCUT2D eigenvalue weighted by Crippen LogP contribution is -2.33. The molecule has 2 aromatic heterocycles. The number of benzene rings is 1. The number of nitrogens with one attached hydrogen (secondary N) is 2. The third kappa shape index (κ3) is 4.45. The van der Waals surface area contributed by atoms with Gasteiger partial charge in [-0.05, 0) is 62.4 Å². The highest BCUT2D eigenvalue weighted by molar-refractivity contribution is 5.95. The number of carbonyl (C=O) groups excluding carboxylic acids is 1. The average Bonchev–Trinajstić information content (AvgIpc) is 3.03. The van der Waals surface area contributed by atoms with Crippen molar-refractivity contribution in [3.05, 3.63) is 69.4 Å². The third-order valence-corrected chi connectivity index (χ3v) is 5.73. The number of piperidine rings is 1. The molecule has 1 aliphatic rings. The maximum atomic E-state index is 12.7. The van der Waals surface area contributed by atoms with Gasteiger partial charge in [-0.25, -0.2) is 4.79 Å². The minimum Gasteiger partial charge on any atom is -0.427 e. The average molecular weight is 430 g/mol. The van der Waals surface area contributed by atoms with Gasteiger partial charge < -0.3 is 19.6 Å². The number of halogens is 1. The van der Waals surface area contributed by atoms with Crippen molar-refractivity contribution in [1.82, 2.24) is 15.2 Å². The van der Waals surface area contributed by atoms with Gasteiger partial charge in [0.1, 0.15) is 11.3 Å². The van der Waals surface area contributed by atoms with Crippen molar-refractivity contribution < 1.29 is 9.21 Å². The molecule has 1 atom stereocenters. The first-order valence-electron chi connectivity index (χ1n) is 10.2. The Hall–Kier alpha value is -2.57. The second kappa shape index (κ2) is 9.49. The van der Waals surface area contributed by atoms with Crippen LogP contribution in [0.4, 0.5) is 0 Å². The minimum atomic E-state index is -0.550. The van der Waals surface area contributed by atoms with Crippen LogP contribution in [0.5, 0.6) is 0 Å².